The highest BCUT2D eigenvalue weighted by molar-refractivity contribution is 5.85. The zero-order valence-corrected chi connectivity index (χ0v) is 13.4. The van der Waals surface area contributed by atoms with Crippen LogP contribution in [0.2, 0.25) is 0 Å². The molecule has 1 heterocycles. The second kappa shape index (κ2) is 6.58. The van der Waals surface area contributed by atoms with Crippen LogP contribution >= 0.6 is 0 Å². The van der Waals surface area contributed by atoms with Gasteiger partial charge in [0, 0.05) is 11.6 Å². The first-order chi connectivity index (χ1) is 11.5. The standard InChI is InChI=1S/C19H17NO4/c1-12-3-4-14(9-13(12)2)11-23-16-7-5-15(6-8-16)17-10-18(19(21)22)24-20-17/h3-10H,11H2,1-2H3,(H,21,22). The predicted molar refractivity (Wildman–Crippen MR) is 89.1 cm³/mol. The summed E-state index contributed by atoms with van der Waals surface area (Å²) in [6, 6.07) is 14.9. The Hall–Kier alpha value is -3.08. The summed E-state index contributed by atoms with van der Waals surface area (Å²) in [4.78, 5) is 10.8. The molecule has 1 aromatic heterocycles. The number of nitrogens with zero attached hydrogens (tertiary/aromatic N) is 1. The monoisotopic (exact) mass is 323 g/mol. The summed E-state index contributed by atoms with van der Waals surface area (Å²) in [5, 5.41) is 12.6. The molecule has 0 amide bonds. The van der Waals surface area contributed by atoms with Crippen LogP contribution < -0.4 is 4.74 Å². The van der Waals surface area contributed by atoms with E-state index in [-0.39, 0.29) is 5.76 Å². The van der Waals surface area contributed by atoms with Gasteiger partial charge < -0.3 is 14.4 Å². The zero-order valence-electron chi connectivity index (χ0n) is 13.4. The van der Waals surface area contributed by atoms with Crippen molar-refractivity contribution in [1.82, 2.24) is 5.16 Å². The third-order valence-corrected chi connectivity index (χ3v) is 3.85. The molecule has 3 aromatic rings. The molecule has 1 N–H and O–H groups in total. The Labute approximate surface area is 139 Å². The summed E-state index contributed by atoms with van der Waals surface area (Å²) >= 11 is 0. The number of aromatic nitrogens is 1. The zero-order chi connectivity index (χ0) is 17.1. The van der Waals surface area contributed by atoms with Crippen molar-refractivity contribution in [3.8, 4) is 17.0 Å². The van der Waals surface area contributed by atoms with E-state index >= 15 is 0 Å². The van der Waals surface area contributed by atoms with Crippen LogP contribution in [-0.2, 0) is 6.61 Å². The van der Waals surface area contributed by atoms with Crippen LogP contribution in [-0.4, -0.2) is 16.2 Å². The Morgan fingerprint density at radius 1 is 1.08 bits per heavy atom. The van der Waals surface area contributed by atoms with E-state index in [1.165, 1.54) is 17.2 Å². The van der Waals surface area contributed by atoms with Gasteiger partial charge in [0.2, 0.25) is 5.76 Å². The third kappa shape index (κ3) is 3.46. The Balaban J connectivity index is 1.67. The first-order valence-corrected chi connectivity index (χ1v) is 7.52. The molecule has 0 aliphatic heterocycles. The number of aryl methyl sites for hydroxylation is 2. The van der Waals surface area contributed by atoms with Crippen molar-refractivity contribution in [3.63, 3.8) is 0 Å². The van der Waals surface area contributed by atoms with Gasteiger partial charge in [0.25, 0.3) is 0 Å². The number of rotatable bonds is 5. The molecule has 2 aromatic carbocycles. The van der Waals surface area contributed by atoms with Gasteiger partial charge in [-0.25, -0.2) is 4.79 Å². The average Bonchev–Trinajstić information content (AvgIpc) is 3.07. The minimum atomic E-state index is -1.14. The van der Waals surface area contributed by atoms with Gasteiger partial charge in [-0.1, -0.05) is 23.4 Å². The van der Waals surface area contributed by atoms with Crippen LogP contribution in [0, 0.1) is 13.8 Å². The largest absolute Gasteiger partial charge is 0.489 e. The molecule has 24 heavy (non-hydrogen) atoms. The summed E-state index contributed by atoms with van der Waals surface area (Å²) in [6.45, 7) is 4.66. The second-order valence-electron chi connectivity index (χ2n) is 5.61. The van der Waals surface area contributed by atoms with E-state index in [2.05, 4.69) is 37.2 Å². The lowest BCUT2D eigenvalue weighted by Crippen LogP contribution is -1.96. The molecule has 122 valence electrons. The highest BCUT2D eigenvalue weighted by atomic mass is 16.5. The van der Waals surface area contributed by atoms with Gasteiger partial charge in [-0.2, -0.15) is 0 Å². The second-order valence-corrected chi connectivity index (χ2v) is 5.61. The topological polar surface area (TPSA) is 72.6 Å². The fraction of sp³-hybridized carbons (Fsp3) is 0.158. The van der Waals surface area contributed by atoms with Gasteiger partial charge in [0.1, 0.15) is 18.1 Å². The molecule has 0 unspecified atom stereocenters. The number of carboxylic acid groups (broad SMARTS) is 1. The van der Waals surface area contributed by atoms with Gasteiger partial charge in [0.05, 0.1) is 0 Å². The van der Waals surface area contributed by atoms with E-state index in [9.17, 15) is 4.79 Å². The normalized spacial score (nSPS) is 10.6. The van der Waals surface area contributed by atoms with Crippen LogP contribution in [0.15, 0.2) is 53.1 Å². The molecule has 5 heteroatoms. The average molecular weight is 323 g/mol. The number of benzene rings is 2. The molecule has 0 spiro atoms. The van der Waals surface area contributed by atoms with Gasteiger partial charge >= 0.3 is 5.97 Å². The lowest BCUT2D eigenvalue weighted by molar-refractivity contribution is 0.0652. The van der Waals surface area contributed by atoms with Crippen molar-refractivity contribution in [3.05, 3.63) is 71.0 Å². The summed E-state index contributed by atoms with van der Waals surface area (Å²) in [6.07, 6.45) is 0. The lowest BCUT2D eigenvalue weighted by atomic mass is 10.1. The molecular weight excluding hydrogens is 306 g/mol. The van der Waals surface area contributed by atoms with Crippen LogP contribution in [0.3, 0.4) is 0 Å². The molecule has 0 fully saturated rings. The number of ether oxygens (including phenoxy) is 1. The first kappa shape index (κ1) is 15.8. The summed E-state index contributed by atoms with van der Waals surface area (Å²) in [5.41, 5.74) is 4.87. The van der Waals surface area contributed by atoms with Crippen molar-refractivity contribution in [2.24, 2.45) is 0 Å². The molecule has 0 bridgehead atoms. The van der Waals surface area contributed by atoms with Crippen molar-refractivity contribution < 1.29 is 19.2 Å². The van der Waals surface area contributed by atoms with Gasteiger partial charge in [-0.3, -0.25) is 0 Å². The number of hydrogen-bond donors (Lipinski definition) is 1. The van der Waals surface area contributed by atoms with Crippen molar-refractivity contribution in [1.29, 1.82) is 0 Å². The third-order valence-electron chi connectivity index (χ3n) is 3.85. The SMILES string of the molecule is Cc1ccc(COc2ccc(-c3cc(C(=O)O)on3)cc2)cc1C. The predicted octanol–water partition coefficient (Wildman–Crippen LogP) is 4.24. The van der Waals surface area contributed by atoms with Gasteiger partial charge in [-0.05, 0) is 54.8 Å². The molecular formula is C19H17NO4. The number of carboxylic acids is 1. The maximum Gasteiger partial charge on any atom is 0.374 e. The summed E-state index contributed by atoms with van der Waals surface area (Å²) < 4.78 is 10.5. The van der Waals surface area contributed by atoms with E-state index in [1.807, 2.05) is 24.3 Å². The smallest absolute Gasteiger partial charge is 0.374 e. The van der Waals surface area contributed by atoms with Gasteiger partial charge in [-0.15, -0.1) is 0 Å². The van der Waals surface area contributed by atoms with Crippen LogP contribution in [0.25, 0.3) is 11.3 Å². The summed E-state index contributed by atoms with van der Waals surface area (Å²) in [7, 11) is 0. The van der Waals surface area contributed by atoms with Crippen molar-refractivity contribution >= 4 is 5.97 Å². The van der Waals surface area contributed by atoms with Crippen LogP contribution in [0.4, 0.5) is 0 Å². The highest BCUT2D eigenvalue weighted by Gasteiger charge is 2.12. The fourth-order valence-corrected chi connectivity index (χ4v) is 2.29. The van der Waals surface area contributed by atoms with E-state index in [1.54, 1.807) is 0 Å². The lowest BCUT2D eigenvalue weighted by Gasteiger charge is -2.08. The van der Waals surface area contributed by atoms with E-state index in [4.69, 9.17) is 14.4 Å². The number of aromatic carboxylic acids is 1. The Morgan fingerprint density at radius 3 is 2.46 bits per heavy atom. The molecule has 0 saturated carbocycles. The van der Waals surface area contributed by atoms with Gasteiger partial charge in [0.15, 0.2) is 0 Å². The molecule has 5 nitrogen and oxygen atoms in total. The Morgan fingerprint density at radius 2 is 1.83 bits per heavy atom. The van der Waals surface area contributed by atoms with Crippen LogP contribution in [0.5, 0.6) is 5.75 Å². The highest BCUT2D eigenvalue weighted by Crippen LogP contribution is 2.23. The maximum atomic E-state index is 10.8. The molecule has 0 aliphatic rings. The molecule has 3 rings (SSSR count). The van der Waals surface area contributed by atoms with Crippen molar-refractivity contribution in [2.75, 3.05) is 0 Å². The molecule has 0 radical (unpaired) electrons. The van der Waals surface area contributed by atoms with E-state index in [0.29, 0.717) is 12.3 Å². The number of carbonyl (C=O) groups is 1. The molecule has 0 saturated heterocycles. The quantitative estimate of drug-likeness (QED) is 0.760. The van der Waals surface area contributed by atoms with Crippen molar-refractivity contribution in [2.45, 2.75) is 20.5 Å². The van der Waals surface area contributed by atoms with Crippen LogP contribution in [0.1, 0.15) is 27.2 Å². The maximum absolute atomic E-state index is 10.8. The minimum absolute atomic E-state index is 0.180. The van der Waals surface area contributed by atoms with E-state index < -0.39 is 5.97 Å². The first-order valence-electron chi connectivity index (χ1n) is 7.52. The number of hydrogen-bond acceptors (Lipinski definition) is 4. The Kier molecular flexibility index (Phi) is 4.33. The Bertz CT molecular complexity index is 865. The fourth-order valence-electron chi connectivity index (χ4n) is 2.29. The minimum Gasteiger partial charge on any atom is -0.489 e. The molecule has 0 atom stereocenters. The molecule has 0 aliphatic carbocycles. The summed E-state index contributed by atoms with van der Waals surface area (Å²) in [5.74, 6) is -0.582. The van der Waals surface area contributed by atoms with E-state index in [0.717, 1.165) is 16.9 Å².